The summed E-state index contributed by atoms with van der Waals surface area (Å²) in [6.45, 7) is 3.31. The predicted molar refractivity (Wildman–Crippen MR) is 89.2 cm³/mol. The van der Waals surface area contributed by atoms with Gasteiger partial charge in [-0.05, 0) is 49.2 Å². The number of aryl methyl sites for hydroxylation is 2. The predicted octanol–water partition coefficient (Wildman–Crippen LogP) is 2.09. The first-order valence-corrected chi connectivity index (χ1v) is 8.78. The zero-order valence-corrected chi connectivity index (χ0v) is 14.1. The van der Waals surface area contributed by atoms with Crippen molar-refractivity contribution in [2.24, 2.45) is 0 Å². The van der Waals surface area contributed by atoms with Crippen LogP contribution in [0.2, 0.25) is 0 Å². The van der Waals surface area contributed by atoms with Crippen molar-refractivity contribution in [2.75, 3.05) is 11.9 Å². The van der Waals surface area contributed by atoms with Crippen LogP contribution in [0.15, 0.2) is 47.4 Å². The molecule has 0 saturated heterocycles. The van der Waals surface area contributed by atoms with E-state index < -0.39 is 28.4 Å². The maximum Gasteiger partial charge on any atom is 0.269 e. The van der Waals surface area contributed by atoms with Crippen LogP contribution < -0.4 is 5.32 Å². The third-order valence-electron chi connectivity index (χ3n) is 3.99. The van der Waals surface area contributed by atoms with Crippen molar-refractivity contribution in [3.8, 4) is 0 Å². The number of benzene rings is 2. The molecule has 2 aromatic rings. The van der Waals surface area contributed by atoms with Gasteiger partial charge in [-0.25, -0.2) is 12.7 Å². The van der Waals surface area contributed by atoms with Gasteiger partial charge in [0.15, 0.2) is 0 Å². The monoisotopic (exact) mass is 344 g/mol. The molecule has 6 nitrogen and oxygen atoms in total. The van der Waals surface area contributed by atoms with E-state index in [9.17, 15) is 18.0 Å². The van der Waals surface area contributed by atoms with Crippen LogP contribution in [0.3, 0.4) is 0 Å². The first-order chi connectivity index (χ1) is 11.3. The molecule has 1 aliphatic rings. The number of hydrogen-bond donors (Lipinski definition) is 1. The second kappa shape index (κ2) is 5.76. The fourth-order valence-electron chi connectivity index (χ4n) is 2.54. The minimum Gasteiger partial charge on any atom is -0.325 e. The van der Waals surface area contributed by atoms with Crippen LogP contribution in [0.5, 0.6) is 0 Å². The maximum atomic E-state index is 12.4. The number of amides is 2. The van der Waals surface area contributed by atoms with E-state index in [2.05, 4.69) is 5.32 Å². The Morgan fingerprint density at radius 2 is 1.79 bits per heavy atom. The minimum atomic E-state index is -3.97. The van der Waals surface area contributed by atoms with Crippen LogP contribution in [0.1, 0.15) is 21.5 Å². The standard InChI is InChI=1S/C17H16N2O4S/c1-11-7-8-13(9-12(11)2)18-16(20)10-19-17(21)14-5-3-4-6-15(14)24(19,22)23/h3-9H,10H2,1-2H3,(H,18,20). The van der Waals surface area contributed by atoms with Crippen LogP contribution >= 0.6 is 0 Å². The van der Waals surface area contributed by atoms with Gasteiger partial charge in [0.05, 0.1) is 5.56 Å². The van der Waals surface area contributed by atoms with Crippen LogP contribution in [0.25, 0.3) is 0 Å². The molecular weight excluding hydrogens is 328 g/mol. The molecule has 1 heterocycles. The normalized spacial score (nSPS) is 15.2. The largest absolute Gasteiger partial charge is 0.325 e. The van der Waals surface area contributed by atoms with Gasteiger partial charge in [-0.15, -0.1) is 0 Å². The molecule has 0 aliphatic carbocycles. The third-order valence-corrected chi connectivity index (χ3v) is 5.78. The summed E-state index contributed by atoms with van der Waals surface area (Å²) in [5.74, 6) is -1.25. The van der Waals surface area contributed by atoms with Gasteiger partial charge in [-0.3, -0.25) is 9.59 Å². The molecule has 7 heteroatoms. The Balaban J connectivity index is 1.80. The number of carbonyl (C=O) groups is 2. The lowest BCUT2D eigenvalue weighted by molar-refractivity contribution is -0.116. The van der Waals surface area contributed by atoms with E-state index in [0.717, 1.165) is 11.1 Å². The molecule has 0 unspecified atom stereocenters. The molecule has 2 amide bonds. The van der Waals surface area contributed by atoms with E-state index in [0.29, 0.717) is 9.99 Å². The molecule has 0 radical (unpaired) electrons. The number of anilines is 1. The summed E-state index contributed by atoms with van der Waals surface area (Å²) in [6, 6.07) is 11.3. The van der Waals surface area contributed by atoms with Crippen LogP contribution in [0, 0.1) is 13.8 Å². The first kappa shape index (κ1) is 16.2. The zero-order valence-electron chi connectivity index (χ0n) is 13.2. The SMILES string of the molecule is Cc1ccc(NC(=O)CN2C(=O)c3ccccc3S2(=O)=O)cc1C. The highest BCUT2D eigenvalue weighted by Crippen LogP contribution is 2.29. The molecule has 1 aliphatic heterocycles. The van der Waals surface area contributed by atoms with Crippen molar-refractivity contribution in [1.29, 1.82) is 0 Å². The van der Waals surface area contributed by atoms with Crippen molar-refractivity contribution in [3.63, 3.8) is 0 Å². The van der Waals surface area contributed by atoms with Gasteiger partial charge in [0, 0.05) is 5.69 Å². The van der Waals surface area contributed by atoms with Gasteiger partial charge in [0.1, 0.15) is 11.4 Å². The second-order valence-corrected chi connectivity index (χ2v) is 7.49. The third kappa shape index (κ3) is 2.67. The van der Waals surface area contributed by atoms with Crippen molar-refractivity contribution in [1.82, 2.24) is 4.31 Å². The number of fused-ring (bicyclic) bond motifs is 1. The van der Waals surface area contributed by atoms with Gasteiger partial charge in [-0.1, -0.05) is 18.2 Å². The fourth-order valence-corrected chi connectivity index (χ4v) is 4.06. The molecule has 0 saturated carbocycles. The highest BCUT2D eigenvalue weighted by molar-refractivity contribution is 7.90. The topological polar surface area (TPSA) is 83.6 Å². The van der Waals surface area contributed by atoms with Crippen LogP contribution in [-0.2, 0) is 14.8 Å². The average Bonchev–Trinajstić information content (AvgIpc) is 2.73. The van der Waals surface area contributed by atoms with Gasteiger partial charge >= 0.3 is 0 Å². The number of carbonyl (C=O) groups excluding carboxylic acids is 2. The number of hydrogen-bond acceptors (Lipinski definition) is 4. The van der Waals surface area contributed by atoms with Gasteiger partial charge in [0.2, 0.25) is 5.91 Å². The molecule has 3 rings (SSSR count). The first-order valence-electron chi connectivity index (χ1n) is 7.34. The summed E-state index contributed by atoms with van der Waals surface area (Å²) in [4.78, 5) is 24.4. The van der Waals surface area contributed by atoms with Crippen LogP contribution in [0.4, 0.5) is 5.69 Å². The molecule has 0 spiro atoms. The Morgan fingerprint density at radius 1 is 1.08 bits per heavy atom. The smallest absolute Gasteiger partial charge is 0.269 e. The second-order valence-electron chi connectivity index (χ2n) is 5.66. The summed E-state index contributed by atoms with van der Waals surface area (Å²) in [5.41, 5.74) is 2.74. The summed E-state index contributed by atoms with van der Waals surface area (Å²) < 4.78 is 25.4. The fraction of sp³-hybridized carbons (Fsp3) is 0.176. The number of rotatable bonds is 3. The Hall–Kier alpha value is -2.67. The van der Waals surface area contributed by atoms with E-state index in [1.54, 1.807) is 24.3 Å². The lowest BCUT2D eigenvalue weighted by atomic mass is 10.1. The van der Waals surface area contributed by atoms with Gasteiger partial charge < -0.3 is 5.32 Å². The van der Waals surface area contributed by atoms with Gasteiger partial charge in [0.25, 0.3) is 15.9 Å². The molecule has 124 valence electrons. The Morgan fingerprint density at radius 3 is 2.46 bits per heavy atom. The lowest BCUT2D eigenvalue weighted by Crippen LogP contribution is -2.37. The molecule has 0 fully saturated rings. The summed E-state index contributed by atoms with van der Waals surface area (Å²) in [7, 11) is -3.97. The van der Waals surface area contributed by atoms with E-state index in [-0.39, 0.29) is 10.5 Å². The summed E-state index contributed by atoms with van der Waals surface area (Å²) >= 11 is 0. The zero-order chi connectivity index (χ0) is 17.5. The number of sulfonamides is 1. The van der Waals surface area contributed by atoms with E-state index in [1.165, 1.54) is 12.1 Å². The molecule has 0 bridgehead atoms. The van der Waals surface area contributed by atoms with E-state index in [1.807, 2.05) is 19.9 Å². The van der Waals surface area contributed by atoms with Crippen molar-refractivity contribution in [2.45, 2.75) is 18.7 Å². The molecule has 24 heavy (non-hydrogen) atoms. The molecule has 0 aromatic heterocycles. The number of nitrogens with one attached hydrogen (secondary N) is 1. The lowest BCUT2D eigenvalue weighted by Gasteiger charge is -2.15. The molecule has 1 N–H and O–H groups in total. The number of nitrogens with zero attached hydrogens (tertiary/aromatic N) is 1. The molecule has 2 aromatic carbocycles. The van der Waals surface area contributed by atoms with E-state index >= 15 is 0 Å². The molecular formula is C17H16N2O4S. The summed E-state index contributed by atoms with van der Waals surface area (Å²) in [6.07, 6.45) is 0. The van der Waals surface area contributed by atoms with Crippen molar-refractivity contribution in [3.05, 3.63) is 59.2 Å². The van der Waals surface area contributed by atoms with Gasteiger partial charge in [-0.2, -0.15) is 0 Å². The highest BCUT2D eigenvalue weighted by atomic mass is 32.2. The van der Waals surface area contributed by atoms with E-state index in [4.69, 9.17) is 0 Å². The maximum absolute atomic E-state index is 12.4. The van der Waals surface area contributed by atoms with Crippen molar-refractivity contribution >= 4 is 27.5 Å². The molecule has 0 atom stereocenters. The van der Waals surface area contributed by atoms with Crippen molar-refractivity contribution < 1.29 is 18.0 Å². The van der Waals surface area contributed by atoms with Crippen LogP contribution in [-0.4, -0.2) is 31.1 Å². The quantitative estimate of drug-likeness (QED) is 0.924. The highest BCUT2D eigenvalue weighted by Gasteiger charge is 2.41. The Labute approximate surface area is 140 Å². The minimum absolute atomic E-state index is 0.0611. The summed E-state index contributed by atoms with van der Waals surface area (Å²) in [5, 5.41) is 2.62. The Bertz CT molecular complexity index is 951. The Kier molecular flexibility index (Phi) is 3.88. The average molecular weight is 344 g/mol.